The maximum Gasteiger partial charge on any atom is 0.0620 e. The Bertz CT molecular complexity index is 142. The molecule has 0 saturated carbocycles. The first-order valence-corrected chi connectivity index (χ1v) is 5.83. The van der Waals surface area contributed by atoms with E-state index in [1.54, 1.807) is 0 Å². The zero-order valence-corrected chi connectivity index (χ0v) is 9.75. The first kappa shape index (κ1) is 12.0. The van der Waals surface area contributed by atoms with Crippen LogP contribution in [0, 0.1) is 0 Å². The van der Waals surface area contributed by atoms with E-state index >= 15 is 0 Å². The van der Waals surface area contributed by atoms with Crippen molar-refractivity contribution in [3.05, 3.63) is 0 Å². The van der Waals surface area contributed by atoms with Crippen LogP contribution in [0.3, 0.4) is 0 Å². The van der Waals surface area contributed by atoms with Gasteiger partial charge in [0.25, 0.3) is 0 Å². The highest BCUT2D eigenvalue weighted by atomic mass is 16.5. The summed E-state index contributed by atoms with van der Waals surface area (Å²) in [6, 6.07) is 1.22. The van der Waals surface area contributed by atoms with Gasteiger partial charge < -0.3 is 10.1 Å². The van der Waals surface area contributed by atoms with Crippen LogP contribution in [0.25, 0.3) is 0 Å². The topological polar surface area (TPSA) is 24.5 Å². The van der Waals surface area contributed by atoms with Gasteiger partial charge in [0, 0.05) is 25.2 Å². The molecule has 0 amide bonds. The van der Waals surface area contributed by atoms with Crippen LogP contribution in [0.4, 0.5) is 0 Å². The fourth-order valence-electron chi connectivity index (χ4n) is 2.01. The lowest BCUT2D eigenvalue weighted by Gasteiger charge is -2.27. The van der Waals surface area contributed by atoms with Gasteiger partial charge in [-0.15, -0.1) is 0 Å². The van der Waals surface area contributed by atoms with Crippen molar-refractivity contribution in [2.24, 2.45) is 0 Å². The van der Waals surface area contributed by atoms with Crippen molar-refractivity contribution in [2.45, 2.75) is 39.3 Å². The van der Waals surface area contributed by atoms with E-state index in [-0.39, 0.29) is 0 Å². The van der Waals surface area contributed by atoms with Crippen LogP contribution in [-0.4, -0.2) is 49.8 Å². The highest BCUT2D eigenvalue weighted by Gasteiger charge is 2.17. The van der Waals surface area contributed by atoms with E-state index in [0.29, 0.717) is 12.1 Å². The summed E-state index contributed by atoms with van der Waals surface area (Å²) in [7, 11) is 0. The van der Waals surface area contributed by atoms with E-state index in [1.165, 1.54) is 6.42 Å². The van der Waals surface area contributed by atoms with Crippen LogP contribution < -0.4 is 5.32 Å². The van der Waals surface area contributed by atoms with Gasteiger partial charge in [-0.05, 0) is 26.4 Å². The maximum atomic E-state index is 5.33. The van der Waals surface area contributed by atoms with Gasteiger partial charge in [0.15, 0.2) is 0 Å². The van der Waals surface area contributed by atoms with Crippen LogP contribution in [0.2, 0.25) is 0 Å². The molecule has 1 aliphatic heterocycles. The lowest BCUT2D eigenvalue weighted by Crippen LogP contribution is -2.43. The number of likely N-dealkylation sites (N-methyl/N-ethyl adjacent to an activating group) is 1. The zero-order valence-electron chi connectivity index (χ0n) is 9.75. The van der Waals surface area contributed by atoms with Crippen LogP contribution in [0.1, 0.15) is 27.2 Å². The average Bonchev–Trinajstić information content (AvgIpc) is 2.69. The van der Waals surface area contributed by atoms with Gasteiger partial charge in [-0.1, -0.05) is 13.8 Å². The van der Waals surface area contributed by atoms with Crippen LogP contribution in [0.15, 0.2) is 0 Å². The molecule has 0 aromatic heterocycles. The van der Waals surface area contributed by atoms with Gasteiger partial charge in [0.05, 0.1) is 6.61 Å². The second-order valence-electron chi connectivity index (χ2n) is 4.04. The highest BCUT2D eigenvalue weighted by Crippen LogP contribution is 2.04. The van der Waals surface area contributed by atoms with E-state index in [4.69, 9.17) is 4.74 Å². The van der Waals surface area contributed by atoms with Crippen molar-refractivity contribution in [3.63, 3.8) is 0 Å². The van der Waals surface area contributed by atoms with Crippen molar-refractivity contribution in [1.29, 1.82) is 0 Å². The predicted molar refractivity (Wildman–Crippen MR) is 59.6 cm³/mol. The Morgan fingerprint density at radius 3 is 2.64 bits per heavy atom. The van der Waals surface area contributed by atoms with Crippen molar-refractivity contribution in [1.82, 2.24) is 10.2 Å². The molecule has 0 aromatic carbocycles. The Balaban J connectivity index is 2.15. The number of rotatable bonds is 6. The summed E-state index contributed by atoms with van der Waals surface area (Å²) >= 11 is 0. The van der Waals surface area contributed by atoms with Gasteiger partial charge in [-0.3, -0.25) is 4.90 Å². The molecular formula is C11H24N2O. The molecule has 1 rings (SSSR count). The van der Waals surface area contributed by atoms with Crippen molar-refractivity contribution in [2.75, 3.05) is 32.8 Å². The molecule has 0 bridgehead atoms. The summed E-state index contributed by atoms with van der Waals surface area (Å²) < 4.78 is 5.33. The van der Waals surface area contributed by atoms with Crippen LogP contribution >= 0.6 is 0 Å². The molecule has 0 aromatic rings. The van der Waals surface area contributed by atoms with Crippen LogP contribution in [0.5, 0.6) is 0 Å². The lowest BCUT2D eigenvalue weighted by atomic mass is 10.2. The molecule has 84 valence electrons. The second kappa shape index (κ2) is 6.38. The monoisotopic (exact) mass is 200 g/mol. The summed E-state index contributed by atoms with van der Waals surface area (Å²) in [5.74, 6) is 0. The molecule has 2 unspecified atom stereocenters. The molecule has 0 radical (unpaired) electrons. The van der Waals surface area contributed by atoms with E-state index < -0.39 is 0 Å². The first-order valence-electron chi connectivity index (χ1n) is 5.83. The third-order valence-electron chi connectivity index (χ3n) is 3.07. The average molecular weight is 200 g/mol. The first-order chi connectivity index (χ1) is 6.77. The molecule has 1 heterocycles. The van der Waals surface area contributed by atoms with E-state index in [1.807, 2.05) is 0 Å². The Kier molecular flexibility index (Phi) is 5.45. The number of nitrogens with one attached hydrogen (secondary N) is 1. The third kappa shape index (κ3) is 3.56. The van der Waals surface area contributed by atoms with E-state index in [2.05, 4.69) is 31.0 Å². The molecule has 1 N–H and O–H groups in total. The smallest absolute Gasteiger partial charge is 0.0620 e. The molecule has 14 heavy (non-hydrogen) atoms. The van der Waals surface area contributed by atoms with Crippen molar-refractivity contribution in [3.8, 4) is 0 Å². The molecular weight excluding hydrogens is 176 g/mol. The van der Waals surface area contributed by atoms with Gasteiger partial charge in [-0.2, -0.15) is 0 Å². The molecule has 2 atom stereocenters. The zero-order chi connectivity index (χ0) is 10.4. The summed E-state index contributed by atoms with van der Waals surface area (Å²) in [5, 5.41) is 3.56. The van der Waals surface area contributed by atoms with Gasteiger partial charge in [0.2, 0.25) is 0 Å². The number of hydrogen-bond donors (Lipinski definition) is 1. The van der Waals surface area contributed by atoms with Gasteiger partial charge in [0.1, 0.15) is 0 Å². The minimum absolute atomic E-state index is 0.591. The molecule has 3 nitrogen and oxygen atoms in total. The third-order valence-corrected chi connectivity index (χ3v) is 3.07. The number of nitrogens with zero attached hydrogens (tertiary/aromatic N) is 1. The number of hydrogen-bond acceptors (Lipinski definition) is 3. The van der Waals surface area contributed by atoms with Crippen molar-refractivity contribution >= 4 is 0 Å². The molecule has 1 aliphatic rings. The molecule has 0 aliphatic carbocycles. The molecule has 1 saturated heterocycles. The molecule has 1 fully saturated rings. The SMILES string of the molecule is CCN(CC)C(C)CNC1CCOC1. The summed E-state index contributed by atoms with van der Waals surface area (Å²) in [6.45, 7) is 11.9. The lowest BCUT2D eigenvalue weighted by molar-refractivity contribution is 0.184. The Labute approximate surface area is 87.8 Å². The van der Waals surface area contributed by atoms with Gasteiger partial charge >= 0.3 is 0 Å². The fraction of sp³-hybridized carbons (Fsp3) is 1.00. The second-order valence-corrected chi connectivity index (χ2v) is 4.04. The number of ether oxygens (including phenoxy) is 1. The summed E-state index contributed by atoms with van der Waals surface area (Å²) in [4.78, 5) is 2.48. The maximum absolute atomic E-state index is 5.33. The highest BCUT2D eigenvalue weighted by molar-refractivity contribution is 4.75. The predicted octanol–water partition coefficient (Wildman–Crippen LogP) is 1.10. The quantitative estimate of drug-likeness (QED) is 0.695. The van der Waals surface area contributed by atoms with E-state index in [0.717, 1.165) is 32.8 Å². The fourth-order valence-corrected chi connectivity index (χ4v) is 2.01. The van der Waals surface area contributed by atoms with Gasteiger partial charge in [-0.25, -0.2) is 0 Å². The minimum atomic E-state index is 0.591. The normalized spacial score (nSPS) is 24.4. The Morgan fingerprint density at radius 1 is 1.43 bits per heavy atom. The Hall–Kier alpha value is -0.120. The Morgan fingerprint density at radius 2 is 2.14 bits per heavy atom. The van der Waals surface area contributed by atoms with Crippen molar-refractivity contribution < 1.29 is 4.74 Å². The molecule has 0 spiro atoms. The van der Waals surface area contributed by atoms with Crippen LogP contribution in [-0.2, 0) is 4.74 Å². The standard InChI is InChI=1S/C11H24N2O/c1-4-13(5-2)10(3)8-12-11-6-7-14-9-11/h10-12H,4-9H2,1-3H3. The summed E-state index contributed by atoms with van der Waals surface area (Å²) in [6.07, 6.45) is 1.17. The molecule has 3 heteroatoms. The minimum Gasteiger partial charge on any atom is -0.380 e. The summed E-state index contributed by atoms with van der Waals surface area (Å²) in [5.41, 5.74) is 0. The largest absolute Gasteiger partial charge is 0.380 e. The van der Waals surface area contributed by atoms with E-state index in [9.17, 15) is 0 Å².